The molecule has 170 valence electrons. The lowest BCUT2D eigenvalue weighted by molar-refractivity contribution is -0.145. The van der Waals surface area contributed by atoms with Gasteiger partial charge in [0.25, 0.3) is 0 Å². The number of aryl methyl sites for hydroxylation is 1. The van der Waals surface area contributed by atoms with Crippen molar-refractivity contribution < 1.29 is 19.0 Å². The number of aliphatic carboxylic acids is 1. The first-order valence-electron chi connectivity index (χ1n) is 11.5. The lowest BCUT2D eigenvalue weighted by Crippen LogP contribution is -2.63. The molecule has 0 bridgehead atoms. The number of methoxy groups -OCH3 is 1. The molecule has 3 aliphatic rings. The minimum absolute atomic E-state index is 0.0304. The Morgan fingerprint density at radius 2 is 2.16 bits per heavy atom. The number of carboxylic acids is 1. The van der Waals surface area contributed by atoms with Gasteiger partial charge >= 0.3 is 5.97 Å². The molecule has 1 saturated carbocycles. The molecule has 1 unspecified atom stereocenters. The predicted octanol–water partition coefficient (Wildman–Crippen LogP) is 4.06. The molecular weight excluding hydrogens is 409 g/mol. The number of ether oxygens (including phenoxy) is 1. The minimum atomic E-state index is -0.870. The van der Waals surface area contributed by atoms with E-state index in [0.29, 0.717) is 11.5 Å². The average molecular weight is 440 g/mol. The molecule has 0 amide bonds. The van der Waals surface area contributed by atoms with Crippen LogP contribution in [-0.2, 0) is 17.6 Å². The van der Waals surface area contributed by atoms with Crippen molar-refractivity contribution in [2.24, 2.45) is 11.3 Å². The molecule has 1 atom stereocenters. The Kier molecular flexibility index (Phi) is 5.53. The zero-order valence-corrected chi connectivity index (χ0v) is 18.4. The van der Waals surface area contributed by atoms with E-state index in [2.05, 4.69) is 22.3 Å². The topological polar surface area (TPSA) is 74.7 Å². The highest BCUT2D eigenvalue weighted by molar-refractivity contribution is 5.68. The summed E-state index contributed by atoms with van der Waals surface area (Å²) < 4.78 is 19.2. The molecule has 1 spiro atoms. The van der Waals surface area contributed by atoms with E-state index in [1.807, 2.05) is 0 Å². The van der Waals surface area contributed by atoms with E-state index in [-0.39, 0.29) is 23.6 Å². The minimum Gasteiger partial charge on any atom is -0.494 e. The van der Waals surface area contributed by atoms with Crippen LogP contribution in [0.15, 0.2) is 30.3 Å². The molecule has 1 aromatic carbocycles. The number of carbonyl (C=O) groups is 1. The van der Waals surface area contributed by atoms with Crippen molar-refractivity contribution in [3.8, 4) is 5.75 Å². The molecule has 0 radical (unpaired) electrons. The maximum absolute atomic E-state index is 14.2. The fourth-order valence-electron chi connectivity index (χ4n) is 5.89. The van der Waals surface area contributed by atoms with E-state index in [9.17, 15) is 14.3 Å². The number of pyridine rings is 1. The number of aromatic nitrogens is 1. The Bertz CT molecular complexity index is 1010. The van der Waals surface area contributed by atoms with Crippen LogP contribution in [0.5, 0.6) is 5.75 Å². The van der Waals surface area contributed by atoms with Crippen molar-refractivity contribution in [3.05, 3.63) is 53.0 Å². The number of carboxylic acid groups (broad SMARTS) is 1. The Morgan fingerprint density at radius 3 is 2.88 bits per heavy atom. The molecule has 1 aliphatic carbocycles. The maximum atomic E-state index is 14.2. The van der Waals surface area contributed by atoms with Crippen LogP contribution in [0.3, 0.4) is 0 Å². The molecule has 6 nitrogen and oxygen atoms in total. The van der Waals surface area contributed by atoms with Gasteiger partial charge < -0.3 is 15.2 Å². The second-order valence-electron chi connectivity index (χ2n) is 9.73. The van der Waals surface area contributed by atoms with Crippen LogP contribution >= 0.6 is 0 Å². The molecule has 1 aromatic heterocycles. The van der Waals surface area contributed by atoms with Gasteiger partial charge in [-0.25, -0.2) is 9.37 Å². The summed E-state index contributed by atoms with van der Waals surface area (Å²) in [7, 11) is 1.43. The SMILES string of the molecule is COc1ccc(C(CC(=O)O)N2CC3(CC(Cc4ccc5c(n4)NCCC5)C3)C2)cc1F. The molecule has 2 fully saturated rings. The summed E-state index contributed by atoms with van der Waals surface area (Å²) in [6.45, 7) is 2.74. The summed E-state index contributed by atoms with van der Waals surface area (Å²) in [5.41, 5.74) is 3.45. The molecule has 2 aliphatic heterocycles. The van der Waals surface area contributed by atoms with E-state index >= 15 is 0 Å². The van der Waals surface area contributed by atoms with Crippen molar-refractivity contribution >= 4 is 11.8 Å². The second-order valence-corrected chi connectivity index (χ2v) is 9.73. The fourth-order valence-corrected chi connectivity index (χ4v) is 5.89. The number of rotatable bonds is 7. The summed E-state index contributed by atoms with van der Waals surface area (Å²) in [4.78, 5) is 18.5. The predicted molar refractivity (Wildman–Crippen MR) is 119 cm³/mol. The van der Waals surface area contributed by atoms with Gasteiger partial charge in [-0.1, -0.05) is 12.1 Å². The molecule has 32 heavy (non-hydrogen) atoms. The van der Waals surface area contributed by atoms with Crippen molar-refractivity contribution in [1.29, 1.82) is 0 Å². The molecule has 2 aromatic rings. The number of fused-ring (bicyclic) bond motifs is 1. The van der Waals surface area contributed by atoms with Crippen molar-refractivity contribution in [3.63, 3.8) is 0 Å². The largest absolute Gasteiger partial charge is 0.494 e. The number of hydrogen-bond acceptors (Lipinski definition) is 5. The Hall–Kier alpha value is -2.67. The van der Waals surface area contributed by atoms with Crippen LogP contribution in [0.1, 0.15) is 48.5 Å². The number of halogens is 1. The normalized spacial score (nSPS) is 20.6. The van der Waals surface area contributed by atoms with Crippen molar-refractivity contribution in [2.75, 3.05) is 32.1 Å². The van der Waals surface area contributed by atoms with Crippen LogP contribution in [-0.4, -0.2) is 47.7 Å². The first-order valence-corrected chi connectivity index (χ1v) is 11.5. The van der Waals surface area contributed by atoms with Gasteiger partial charge in [0, 0.05) is 31.4 Å². The first kappa shape index (κ1) is 21.2. The summed E-state index contributed by atoms with van der Waals surface area (Å²) in [5.74, 6) is 0.538. The van der Waals surface area contributed by atoms with Crippen LogP contribution < -0.4 is 10.1 Å². The van der Waals surface area contributed by atoms with E-state index in [4.69, 9.17) is 9.72 Å². The van der Waals surface area contributed by atoms with Gasteiger partial charge in [-0.05, 0) is 72.8 Å². The number of hydrogen-bond donors (Lipinski definition) is 2. The lowest BCUT2D eigenvalue weighted by Gasteiger charge is -2.61. The highest BCUT2D eigenvalue weighted by atomic mass is 19.1. The fraction of sp³-hybridized carbons (Fsp3) is 0.520. The third-order valence-corrected chi connectivity index (χ3v) is 7.34. The Morgan fingerprint density at radius 1 is 1.34 bits per heavy atom. The smallest absolute Gasteiger partial charge is 0.305 e. The van der Waals surface area contributed by atoms with Crippen LogP contribution in [0, 0.1) is 17.2 Å². The second kappa shape index (κ2) is 8.35. The molecule has 1 saturated heterocycles. The van der Waals surface area contributed by atoms with Gasteiger partial charge in [0.15, 0.2) is 11.6 Å². The van der Waals surface area contributed by atoms with E-state index in [1.54, 1.807) is 12.1 Å². The molecule has 2 N–H and O–H groups in total. The number of likely N-dealkylation sites (tertiary alicyclic amines) is 1. The summed E-state index contributed by atoms with van der Waals surface area (Å²) >= 11 is 0. The quantitative estimate of drug-likeness (QED) is 0.678. The van der Waals surface area contributed by atoms with Gasteiger partial charge in [-0.2, -0.15) is 0 Å². The summed E-state index contributed by atoms with van der Waals surface area (Å²) in [6.07, 6.45) is 5.53. The molecule has 3 heterocycles. The molecule has 7 heteroatoms. The number of nitrogens with one attached hydrogen (secondary N) is 1. The zero-order valence-electron chi connectivity index (χ0n) is 18.4. The van der Waals surface area contributed by atoms with E-state index < -0.39 is 11.8 Å². The first-order chi connectivity index (χ1) is 15.4. The zero-order chi connectivity index (χ0) is 22.3. The monoisotopic (exact) mass is 439 g/mol. The number of benzene rings is 1. The third-order valence-electron chi connectivity index (χ3n) is 7.34. The highest BCUT2D eigenvalue weighted by Crippen LogP contribution is 2.55. The van der Waals surface area contributed by atoms with Crippen molar-refractivity contribution in [2.45, 2.75) is 44.6 Å². The number of nitrogens with zero attached hydrogens (tertiary/aromatic N) is 2. The van der Waals surface area contributed by atoms with Crippen LogP contribution in [0.2, 0.25) is 0 Å². The Balaban J connectivity index is 1.19. The molecule has 5 rings (SSSR count). The maximum Gasteiger partial charge on any atom is 0.305 e. The lowest BCUT2D eigenvalue weighted by atomic mass is 9.56. The third kappa shape index (κ3) is 4.06. The van der Waals surface area contributed by atoms with Gasteiger partial charge in [-0.3, -0.25) is 9.69 Å². The van der Waals surface area contributed by atoms with Crippen LogP contribution in [0.4, 0.5) is 10.2 Å². The summed E-state index contributed by atoms with van der Waals surface area (Å²) in [5, 5.41) is 12.8. The van der Waals surface area contributed by atoms with Crippen LogP contribution in [0.25, 0.3) is 0 Å². The average Bonchev–Trinajstić information content (AvgIpc) is 2.72. The standard InChI is InChI=1S/C25H30FN3O3/c1-32-22-7-5-18(10-20(22)26)21(11-23(30)31)29-14-25(15-29)12-16(13-25)9-19-6-4-17-3-2-8-27-24(17)28-19/h4-7,10,16,21H,2-3,8-9,11-15H2,1H3,(H,27,28)(H,30,31). The van der Waals surface area contributed by atoms with Gasteiger partial charge in [0.1, 0.15) is 5.82 Å². The number of anilines is 1. The summed E-state index contributed by atoms with van der Waals surface area (Å²) in [6, 6.07) is 8.84. The van der Waals surface area contributed by atoms with Crippen molar-refractivity contribution in [1.82, 2.24) is 9.88 Å². The highest BCUT2D eigenvalue weighted by Gasteiger charge is 2.53. The van der Waals surface area contributed by atoms with Gasteiger partial charge in [0.2, 0.25) is 0 Å². The van der Waals surface area contributed by atoms with E-state index in [1.165, 1.54) is 25.2 Å². The van der Waals surface area contributed by atoms with Gasteiger partial charge in [0.05, 0.1) is 13.5 Å². The van der Waals surface area contributed by atoms with Gasteiger partial charge in [-0.15, -0.1) is 0 Å². The Labute approximate surface area is 187 Å². The molecular formula is C25H30FN3O3. The van der Waals surface area contributed by atoms with E-state index in [0.717, 1.165) is 56.8 Å².